The van der Waals surface area contributed by atoms with Crippen molar-refractivity contribution in [3.8, 4) is 0 Å². The van der Waals surface area contributed by atoms with Crippen LogP contribution in [0, 0.1) is 5.92 Å². The van der Waals surface area contributed by atoms with Crippen LogP contribution in [0.15, 0.2) is 0 Å². The molecule has 1 N–H and O–H groups in total. The van der Waals surface area contributed by atoms with Crippen LogP contribution in [-0.4, -0.2) is 57.4 Å². The molecule has 0 aromatic rings. The molecule has 2 heterocycles. The van der Waals surface area contributed by atoms with Crippen LogP contribution in [-0.2, 0) is 14.8 Å². The van der Waals surface area contributed by atoms with Crippen molar-refractivity contribution in [3.05, 3.63) is 0 Å². The van der Waals surface area contributed by atoms with Crippen molar-refractivity contribution >= 4 is 22.4 Å². The van der Waals surface area contributed by atoms with Crippen molar-refractivity contribution < 1.29 is 13.2 Å². The quantitative estimate of drug-likeness (QED) is 0.817. The summed E-state index contributed by atoms with van der Waals surface area (Å²) in [6, 6.07) is 0.135. The Balaban J connectivity index is 0.00000180. The van der Waals surface area contributed by atoms with E-state index in [0.29, 0.717) is 19.8 Å². The number of nitrogens with one attached hydrogen (secondary N) is 1. The fourth-order valence-corrected chi connectivity index (χ4v) is 4.85. The van der Waals surface area contributed by atoms with E-state index in [2.05, 4.69) is 12.2 Å². The third-order valence-corrected chi connectivity index (χ3v) is 5.83. The number of hydrogen-bond acceptors (Lipinski definition) is 4. The summed E-state index contributed by atoms with van der Waals surface area (Å²) in [5.74, 6) is 0.444. The van der Waals surface area contributed by atoms with Gasteiger partial charge in [-0.2, -0.15) is 4.31 Å². The second-order valence-corrected chi connectivity index (χ2v) is 7.23. The Morgan fingerprint density at radius 1 is 1.42 bits per heavy atom. The molecule has 2 unspecified atom stereocenters. The van der Waals surface area contributed by atoms with Gasteiger partial charge in [-0.05, 0) is 18.8 Å². The molecule has 0 aliphatic carbocycles. The van der Waals surface area contributed by atoms with Gasteiger partial charge in [-0.25, -0.2) is 8.42 Å². The summed E-state index contributed by atoms with van der Waals surface area (Å²) in [6.07, 6.45) is 2.84. The molecule has 2 rings (SSSR count). The van der Waals surface area contributed by atoms with Crippen LogP contribution in [0.25, 0.3) is 0 Å². The maximum absolute atomic E-state index is 12.5. The van der Waals surface area contributed by atoms with Gasteiger partial charge in [-0.3, -0.25) is 0 Å². The lowest BCUT2D eigenvalue weighted by Crippen LogP contribution is -2.54. The molecule has 2 fully saturated rings. The molecule has 0 amide bonds. The third kappa shape index (κ3) is 4.56. The van der Waals surface area contributed by atoms with Crippen LogP contribution in [0.1, 0.15) is 26.2 Å². The summed E-state index contributed by atoms with van der Waals surface area (Å²) in [4.78, 5) is 0. The first-order valence-electron chi connectivity index (χ1n) is 6.91. The molecule has 0 spiro atoms. The highest BCUT2D eigenvalue weighted by atomic mass is 35.5. The van der Waals surface area contributed by atoms with E-state index in [0.717, 1.165) is 32.4 Å². The summed E-state index contributed by atoms with van der Waals surface area (Å²) in [7, 11) is -3.12. The molecule has 2 atom stereocenters. The SMILES string of the molecule is CCCC1CNCCN1S(=O)(=O)CC1CCOC1.Cl. The average molecular weight is 313 g/mol. The van der Waals surface area contributed by atoms with E-state index >= 15 is 0 Å². The number of piperazine rings is 1. The van der Waals surface area contributed by atoms with Gasteiger partial charge in [0.1, 0.15) is 0 Å². The highest BCUT2D eigenvalue weighted by Crippen LogP contribution is 2.20. The second-order valence-electron chi connectivity index (χ2n) is 5.27. The molecule has 0 aromatic heterocycles. The van der Waals surface area contributed by atoms with Crippen molar-refractivity contribution in [1.29, 1.82) is 0 Å². The first-order valence-corrected chi connectivity index (χ1v) is 8.52. The standard InChI is InChI=1S/C12H24N2O3S.ClH/c1-2-3-12-8-13-5-6-14(12)18(15,16)10-11-4-7-17-9-11;/h11-13H,2-10H2,1H3;1H. The molecule has 7 heteroatoms. The van der Waals surface area contributed by atoms with Gasteiger partial charge in [-0.15, -0.1) is 12.4 Å². The Labute approximate surface area is 122 Å². The van der Waals surface area contributed by atoms with Gasteiger partial charge in [0.15, 0.2) is 0 Å². The summed E-state index contributed by atoms with van der Waals surface area (Å²) in [5, 5.41) is 3.28. The number of rotatable bonds is 5. The van der Waals surface area contributed by atoms with Crippen LogP contribution >= 0.6 is 12.4 Å². The first-order chi connectivity index (χ1) is 8.63. The van der Waals surface area contributed by atoms with Gasteiger partial charge in [0.05, 0.1) is 12.4 Å². The minimum Gasteiger partial charge on any atom is -0.381 e. The van der Waals surface area contributed by atoms with E-state index in [-0.39, 0.29) is 30.1 Å². The van der Waals surface area contributed by atoms with Gasteiger partial charge in [0, 0.05) is 32.3 Å². The highest BCUT2D eigenvalue weighted by molar-refractivity contribution is 7.89. The van der Waals surface area contributed by atoms with Crippen LogP contribution in [0.3, 0.4) is 0 Å². The van der Waals surface area contributed by atoms with Crippen molar-refractivity contribution in [2.75, 3.05) is 38.6 Å². The Morgan fingerprint density at radius 2 is 2.21 bits per heavy atom. The molecule has 2 aliphatic rings. The molecule has 0 bridgehead atoms. The Morgan fingerprint density at radius 3 is 2.84 bits per heavy atom. The lowest BCUT2D eigenvalue weighted by Gasteiger charge is -2.35. The van der Waals surface area contributed by atoms with E-state index in [4.69, 9.17) is 4.74 Å². The normalized spacial score (nSPS) is 29.1. The average Bonchev–Trinajstić information content (AvgIpc) is 2.82. The maximum Gasteiger partial charge on any atom is 0.214 e. The van der Waals surface area contributed by atoms with Crippen LogP contribution < -0.4 is 5.32 Å². The highest BCUT2D eigenvalue weighted by Gasteiger charge is 2.34. The lowest BCUT2D eigenvalue weighted by atomic mass is 10.1. The van der Waals surface area contributed by atoms with E-state index in [1.165, 1.54) is 0 Å². The van der Waals surface area contributed by atoms with E-state index in [1.807, 2.05) is 0 Å². The van der Waals surface area contributed by atoms with Crippen molar-refractivity contribution in [2.45, 2.75) is 32.2 Å². The van der Waals surface area contributed by atoms with E-state index in [9.17, 15) is 8.42 Å². The number of ether oxygens (including phenoxy) is 1. The number of hydrogen-bond donors (Lipinski definition) is 1. The predicted molar refractivity (Wildman–Crippen MR) is 78.2 cm³/mol. The van der Waals surface area contributed by atoms with Gasteiger partial charge in [-0.1, -0.05) is 13.3 Å². The third-order valence-electron chi connectivity index (χ3n) is 3.75. The van der Waals surface area contributed by atoms with Crippen molar-refractivity contribution in [3.63, 3.8) is 0 Å². The second kappa shape index (κ2) is 7.78. The number of halogens is 1. The van der Waals surface area contributed by atoms with E-state index < -0.39 is 10.0 Å². The summed E-state index contributed by atoms with van der Waals surface area (Å²) in [6.45, 7) is 5.57. The summed E-state index contributed by atoms with van der Waals surface area (Å²) >= 11 is 0. The molecular weight excluding hydrogens is 288 g/mol. The molecule has 0 saturated carbocycles. The van der Waals surface area contributed by atoms with Crippen LogP contribution in [0.2, 0.25) is 0 Å². The Bertz CT molecular complexity index is 356. The lowest BCUT2D eigenvalue weighted by molar-refractivity contribution is 0.188. The van der Waals surface area contributed by atoms with E-state index in [1.54, 1.807) is 4.31 Å². The zero-order chi connectivity index (χ0) is 13.0. The van der Waals surface area contributed by atoms with Crippen molar-refractivity contribution in [1.82, 2.24) is 9.62 Å². The topological polar surface area (TPSA) is 58.6 Å². The van der Waals surface area contributed by atoms with Crippen LogP contribution in [0.4, 0.5) is 0 Å². The minimum absolute atomic E-state index is 0. The van der Waals surface area contributed by atoms with Gasteiger partial charge < -0.3 is 10.1 Å². The van der Waals surface area contributed by atoms with Crippen molar-refractivity contribution in [2.24, 2.45) is 5.92 Å². The minimum atomic E-state index is -3.12. The first kappa shape index (κ1) is 17.2. The summed E-state index contributed by atoms with van der Waals surface area (Å²) < 4.78 is 31.9. The molecular formula is C12H25ClN2O3S. The Kier molecular flexibility index (Phi) is 7.04. The van der Waals surface area contributed by atoms with Gasteiger partial charge in [0.2, 0.25) is 10.0 Å². The number of sulfonamides is 1. The van der Waals surface area contributed by atoms with Gasteiger partial charge >= 0.3 is 0 Å². The smallest absolute Gasteiger partial charge is 0.214 e. The fourth-order valence-electron chi connectivity index (χ4n) is 2.80. The largest absolute Gasteiger partial charge is 0.381 e. The molecule has 0 radical (unpaired) electrons. The molecule has 114 valence electrons. The fraction of sp³-hybridized carbons (Fsp3) is 1.00. The summed E-state index contributed by atoms with van der Waals surface area (Å²) in [5.41, 5.74) is 0. The predicted octanol–water partition coefficient (Wildman–Crippen LogP) is 0.848. The molecule has 2 saturated heterocycles. The molecule has 5 nitrogen and oxygen atoms in total. The van der Waals surface area contributed by atoms with Gasteiger partial charge in [0.25, 0.3) is 0 Å². The molecule has 19 heavy (non-hydrogen) atoms. The Hall–Kier alpha value is 0.120. The number of nitrogens with zero attached hydrogens (tertiary/aromatic N) is 1. The molecule has 0 aromatic carbocycles. The maximum atomic E-state index is 12.5. The molecule has 2 aliphatic heterocycles. The monoisotopic (exact) mass is 312 g/mol. The zero-order valence-electron chi connectivity index (χ0n) is 11.5. The van der Waals surface area contributed by atoms with Crippen LogP contribution in [0.5, 0.6) is 0 Å². The zero-order valence-corrected chi connectivity index (χ0v) is 13.1.